The number of hydrogen-bond acceptors (Lipinski definition) is 2. The van der Waals surface area contributed by atoms with E-state index in [4.69, 9.17) is 4.74 Å². The molecule has 24 heavy (non-hydrogen) atoms. The van der Waals surface area contributed by atoms with Gasteiger partial charge in [0.05, 0.1) is 0 Å². The summed E-state index contributed by atoms with van der Waals surface area (Å²) in [6.07, 6.45) is 1.80. The lowest BCUT2D eigenvalue weighted by atomic mass is 10.1. The average Bonchev–Trinajstić information content (AvgIpc) is 2.62. The summed E-state index contributed by atoms with van der Waals surface area (Å²) in [6, 6.07) is 18.2. The summed E-state index contributed by atoms with van der Waals surface area (Å²) >= 11 is 0. The van der Waals surface area contributed by atoms with E-state index in [0.717, 1.165) is 23.8 Å². The van der Waals surface area contributed by atoms with Gasteiger partial charge in [0, 0.05) is 20.1 Å². The molecule has 2 aromatic carbocycles. The summed E-state index contributed by atoms with van der Waals surface area (Å²) in [6.45, 7) is 5.66. The number of nitrogens with one attached hydrogen (secondary N) is 2. The maximum absolute atomic E-state index is 5.74. The lowest BCUT2D eigenvalue weighted by molar-refractivity contribution is 0.306. The molecule has 0 aliphatic rings. The zero-order valence-electron chi connectivity index (χ0n) is 13.9. The highest BCUT2D eigenvalue weighted by molar-refractivity contribution is 14.0. The molecule has 0 saturated carbocycles. The molecule has 2 N–H and O–H groups in total. The van der Waals surface area contributed by atoms with Crippen LogP contribution in [-0.2, 0) is 13.2 Å². The van der Waals surface area contributed by atoms with Crippen molar-refractivity contribution >= 4 is 29.9 Å². The second kappa shape index (κ2) is 11.5. The van der Waals surface area contributed by atoms with Crippen LogP contribution in [0.4, 0.5) is 0 Å². The van der Waals surface area contributed by atoms with Gasteiger partial charge in [0.15, 0.2) is 5.96 Å². The van der Waals surface area contributed by atoms with Gasteiger partial charge in [0.1, 0.15) is 12.4 Å². The van der Waals surface area contributed by atoms with E-state index in [-0.39, 0.29) is 24.0 Å². The highest BCUT2D eigenvalue weighted by Gasteiger charge is 1.99. The number of benzene rings is 2. The van der Waals surface area contributed by atoms with Crippen molar-refractivity contribution in [3.63, 3.8) is 0 Å². The van der Waals surface area contributed by atoms with E-state index in [2.05, 4.69) is 46.5 Å². The number of halogens is 1. The van der Waals surface area contributed by atoms with Crippen LogP contribution in [0.2, 0.25) is 0 Å². The molecule has 0 aliphatic heterocycles. The van der Waals surface area contributed by atoms with Crippen molar-refractivity contribution in [1.82, 2.24) is 10.6 Å². The van der Waals surface area contributed by atoms with E-state index >= 15 is 0 Å². The molecule has 0 radical (unpaired) electrons. The van der Waals surface area contributed by atoms with Gasteiger partial charge >= 0.3 is 0 Å². The molecular weight excluding hydrogens is 413 g/mol. The maximum Gasteiger partial charge on any atom is 0.191 e. The number of nitrogens with zero attached hydrogens (tertiary/aromatic N) is 1. The Morgan fingerprint density at radius 3 is 2.33 bits per heavy atom. The lowest BCUT2D eigenvalue weighted by Crippen LogP contribution is -2.36. The molecule has 2 rings (SSSR count). The van der Waals surface area contributed by atoms with Crippen LogP contribution >= 0.6 is 24.0 Å². The van der Waals surface area contributed by atoms with Crippen molar-refractivity contribution < 1.29 is 4.74 Å². The Bertz CT molecular complexity index is 627. The number of rotatable bonds is 7. The highest BCUT2D eigenvalue weighted by atomic mass is 127. The third kappa shape index (κ3) is 7.04. The van der Waals surface area contributed by atoms with Crippen molar-refractivity contribution in [2.45, 2.75) is 13.2 Å². The second-order valence-electron chi connectivity index (χ2n) is 5.01. The minimum atomic E-state index is 0. The number of ether oxygens (including phenoxy) is 1. The summed E-state index contributed by atoms with van der Waals surface area (Å²) < 4.78 is 5.74. The molecule has 0 amide bonds. The molecule has 0 spiro atoms. The molecule has 5 heteroatoms. The maximum atomic E-state index is 5.74. The number of para-hydroxylation sites is 1. The van der Waals surface area contributed by atoms with Gasteiger partial charge in [-0.3, -0.25) is 4.99 Å². The molecule has 0 aromatic heterocycles. The van der Waals surface area contributed by atoms with E-state index in [9.17, 15) is 0 Å². The van der Waals surface area contributed by atoms with Crippen LogP contribution in [0, 0.1) is 0 Å². The minimum Gasteiger partial charge on any atom is -0.489 e. The van der Waals surface area contributed by atoms with Crippen LogP contribution in [0.5, 0.6) is 5.75 Å². The molecule has 0 bridgehead atoms. The Kier molecular flexibility index (Phi) is 9.60. The van der Waals surface area contributed by atoms with Gasteiger partial charge in [-0.05, 0) is 23.3 Å². The molecule has 4 nitrogen and oxygen atoms in total. The average molecular weight is 437 g/mol. The van der Waals surface area contributed by atoms with Crippen LogP contribution in [0.3, 0.4) is 0 Å². The first kappa shape index (κ1) is 20.0. The van der Waals surface area contributed by atoms with Gasteiger partial charge in [-0.25, -0.2) is 0 Å². The minimum absolute atomic E-state index is 0. The van der Waals surface area contributed by atoms with Crippen molar-refractivity contribution in [2.75, 3.05) is 13.6 Å². The zero-order valence-corrected chi connectivity index (χ0v) is 16.2. The fourth-order valence-electron chi connectivity index (χ4n) is 2.01. The fourth-order valence-corrected chi connectivity index (χ4v) is 2.01. The number of aliphatic imine (C=N–C) groups is 1. The predicted molar refractivity (Wildman–Crippen MR) is 111 cm³/mol. The first-order chi connectivity index (χ1) is 11.3. The quantitative estimate of drug-likeness (QED) is 0.300. The Morgan fingerprint density at radius 1 is 1.04 bits per heavy atom. The Morgan fingerprint density at radius 2 is 1.71 bits per heavy atom. The van der Waals surface area contributed by atoms with Gasteiger partial charge in [0.2, 0.25) is 0 Å². The molecule has 0 atom stereocenters. The van der Waals surface area contributed by atoms with Gasteiger partial charge < -0.3 is 15.4 Å². The molecule has 2 aromatic rings. The SMILES string of the molecule is C=CCNC(=NC)NCc1ccc(COc2ccccc2)cc1.I. The highest BCUT2D eigenvalue weighted by Crippen LogP contribution is 2.12. The third-order valence-corrected chi connectivity index (χ3v) is 3.27. The number of hydrogen-bond donors (Lipinski definition) is 2. The fraction of sp³-hybridized carbons (Fsp3) is 0.211. The van der Waals surface area contributed by atoms with E-state index < -0.39 is 0 Å². The Balaban J connectivity index is 0.00000288. The molecule has 0 heterocycles. The monoisotopic (exact) mass is 437 g/mol. The van der Waals surface area contributed by atoms with Crippen molar-refractivity contribution in [3.05, 3.63) is 78.4 Å². The van der Waals surface area contributed by atoms with E-state index in [0.29, 0.717) is 13.2 Å². The van der Waals surface area contributed by atoms with Gasteiger partial charge in [-0.2, -0.15) is 0 Å². The Hall–Kier alpha value is -2.02. The molecule has 0 unspecified atom stereocenters. The first-order valence-corrected chi connectivity index (χ1v) is 7.63. The van der Waals surface area contributed by atoms with Crippen molar-refractivity contribution in [3.8, 4) is 5.75 Å². The van der Waals surface area contributed by atoms with Crippen molar-refractivity contribution in [2.24, 2.45) is 4.99 Å². The zero-order chi connectivity index (χ0) is 16.3. The van der Waals surface area contributed by atoms with E-state index in [1.165, 1.54) is 5.56 Å². The summed E-state index contributed by atoms with van der Waals surface area (Å²) in [5.41, 5.74) is 2.33. The van der Waals surface area contributed by atoms with Crippen LogP contribution < -0.4 is 15.4 Å². The summed E-state index contributed by atoms with van der Waals surface area (Å²) in [5, 5.41) is 6.40. The molecule has 0 aliphatic carbocycles. The topological polar surface area (TPSA) is 45.7 Å². The number of guanidine groups is 1. The van der Waals surface area contributed by atoms with Gasteiger partial charge in [0.25, 0.3) is 0 Å². The lowest BCUT2D eigenvalue weighted by Gasteiger charge is -2.11. The van der Waals surface area contributed by atoms with E-state index in [1.807, 2.05) is 30.3 Å². The van der Waals surface area contributed by atoms with E-state index in [1.54, 1.807) is 13.1 Å². The summed E-state index contributed by atoms with van der Waals surface area (Å²) in [7, 11) is 1.75. The smallest absolute Gasteiger partial charge is 0.191 e. The predicted octanol–water partition coefficient (Wildman–Crippen LogP) is 3.73. The third-order valence-electron chi connectivity index (χ3n) is 3.27. The molecule has 0 saturated heterocycles. The standard InChI is InChI=1S/C19H23N3O.HI/c1-3-13-21-19(20-2)22-14-16-9-11-17(12-10-16)15-23-18-7-5-4-6-8-18;/h3-12H,1,13-15H2,2H3,(H2,20,21,22);1H. The van der Waals surface area contributed by atoms with Crippen LogP contribution in [0.1, 0.15) is 11.1 Å². The van der Waals surface area contributed by atoms with Gasteiger partial charge in [-0.1, -0.05) is 48.5 Å². The first-order valence-electron chi connectivity index (χ1n) is 7.63. The van der Waals surface area contributed by atoms with Crippen LogP contribution in [0.15, 0.2) is 72.2 Å². The summed E-state index contributed by atoms with van der Waals surface area (Å²) in [5.74, 6) is 1.65. The molecular formula is C19H24IN3O. The Labute approximate surface area is 161 Å². The molecule has 0 fully saturated rings. The molecule has 128 valence electrons. The normalized spacial score (nSPS) is 10.5. The largest absolute Gasteiger partial charge is 0.489 e. The van der Waals surface area contributed by atoms with Crippen LogP contribution in [0.25, 0.3) is 0 Å². The second-order valence-corrected chi connectivity index (χ2v) is 5.01. The van der Waals surface area contributed by atoms with Gasteiger partial charge in [-0.15, -0.1) is 30.6 Å². The van der Waals surface area contributed by atoms with Crippen molar-refractivity contribution in [1.29, 1.82) is 0 Å². The summed E-state index contributed by atoms with van der Waals surface area (Å²) in [4.78, 5) is 4.15. The van der Waals surface area contributed by atoms with Crippen LogP contribution in [-0.4, -0.2) is 19.6 Å².